The van der Waals surface area contributed by atoms with Gasteiger partial charge in [0.1, 0.15) is 0 Å². The van der Waals surface area contributed by atoms with Crippen LogP contribution >= 0.6 is 27.3 Å². The minimum absolute atomic E-state index is 0.179. The highest BCUT2D eigenvalue weighted by molar-refractivity contribution is 9.11. The molecule has 0 bridgehead atoms. The highest BCUT2D eigenvalue weighted by Crippen LogP contribution is 2.26. The predicted octanol–water partition coefficient (Wildman–Crippen LogP) is 2.97. The van der Waals surface area contributed by atoms with Crippen molar-refractivity contribution in [2.75, 3.05) is 6.54 Å². The zero-order valence-corrected chi connectivity index (χ0v) is 10.9. The molecule has 0 saturated carbocycles. The summed E-state index contributed by atoms with van der Waals surface area (Å²) in [6.07, 6.45) is 4.20. The molecule has 2 rings (SSSR count). The summed E-state index contributed by atoms with van der Waals surface area (Å²) in [6.45, 7) is 0.851. The number of thiophene rings is 1. The minimum Gasteiger partial charge on any atom is -0.356 e. The van der Waals surface area contributed by atoms with Crippen molar-refractivity contribution in [1.29, 1.82) is 0 Å². The Hall–Kier alpha value is -0.350. The lowest BCUT2D eigenvalue weighted by atomic mass is 9.98. The fourth-order valence-corrected chi connectivity index (χ4v) is 3.46. The topological polar surface area (TPSA) is 29.1 Å². The lowest BCUT2D eigenvalue weighted by Crippen LogP contribution is -2.29. The van der Waals surface area contributed by atoms with Gasteiger partial charge in [0.2, 0.25) is 5.91 Å². The largest absolute Gasteiger partial charge is 0.356 e. The van der Waals surface area contributed by atoms with E-state index >= 15 is 0 Å². The standard InChI is InChI=1S/C11H14BrNOS/c12-10-5-4-9(15-10)7-8-3-1-2-6-13-11(8)14/h4-5,8H,1-3,6-7H2,(H,13,14). The van der Waals surface area contributed by atoms with Crippen LogP contribution in [0.3, 0.4) is 0 Å². The van der Waals surface area contributed by atoms with Gasteiger partial charge < -0.3 is 5.32 Å². The molecule has 1 N–H and O–H groups in total. The fourth-order valence-electron chi connectivity index (χ4n) is 1.90. The van der Waals surface area contributed by atoms with Crippen LogP contribution in [0.5, 0.6) is 0 Å². The quantitative estimate of drug-likeness (QED) is 0.890. The van der Waals surface area contributed by atoms with Gasteiger partial charge in [0, 0.05) is 17.3 Å². The molecule has 1 aromatic rings. The van der Waals surface area contributed by atoms with Gasteiger partial charge in [0.15, 0.2) is 0 Å². The van der Waals surface area contributed by atoms with E-state index in [0.717, 1.165) is 36.0 Å². The predicted molar refractivity (Wildman–Crippen MR) is 66.1 cm³/mol. The SMILES string of the molecule is O=C1NCCCCC1Cc1ccc(Br)s1. The van der Waals surface area contributed by atoms with Crippen molar-refractivity contribution < 1.29 is 4.79 Å². The lowest BCUT2D eigenvalue weighted by Gasteiger charge is -2.11. The van der Waals surface area contributed by atoms with Gasteiger partial charge >= 0.3 is 0 Å². The number of halogens is 1. The van der Waals surface area contributed by atoms with Crippen molar-refractivity contribution in [3.05, 3.63) is 20.8 Å². The summed E-state index contributed by atoms with van der Waals surface area (Å²) in [6, 6.07) is 4.15. The van der Waals surface area contributed by atoms with E-state index in [-0.39, 0.29) is 11.8 Å². The first-order valence-corrected chi connectivity index (χ1v) is 6.88. The van der Waals surface area contributed by atoms with Gasteiger partial charge in [-0.2, -0.15) is 0 Å². The van der Waals surface area contributed by atoms with Gasteiger partial charge in [0.05, 0.1) is 3.79 Å². The third-order valence-corrected chi connectivity index (χ3v) is 4.37. The van der Waals surface area contributed by atoms with Crippen molar-refractivity contribution >= 4 is 33.2 Å². The average Bonchev–Trinajstić information content (AvgIpc) is 2.50. The third-order valence-electron chi connectivity index (χ3n) is 2.73. The van der Waals surface area contributed by atoms with Gasteiger partial charge in [-0.05, 0) is 47.3 Å². The Morgan fingerprint density at radius 3 is 3.07 bits per heavy atom. The second-order valence-electron chi connectivity index (χ2n) is 3.89. The van der Waals surface area contributed by atoms with Crippen molar-refractivity contribution in [3.63, 3.8) is 0 Å². The maximum Gasteiger partial charge on any atom is 0.223 e. The second kappa shape index (κ2) is 5.12. The zero-order valence-electron chi connectivity index (χ0n) is 8.46. The molecule has 1 unspecified atom stereocenters. The molecule has 4 heteroatoms. The maximum atomic E-state index is 11.7. The molecule has 0 spiro atoms. The summed E-state index contributed by atoms with van der Waals surface area (Å²) >= 11 is 5.17. The van der Waals surface area contributed by atoms with Gasteiger partial charge in [-0.25, -0.2) is 0 Å². The van der Waals surface area contributed by atoms with E-state index in [1.807, 2.05) is 0 Å². The van der Waals surface area contributed by atoms with Crippen LogP contribution < -0.4 is 5.32 Å². The van der Waals surface area contributed by atoms with E-state index in [4.69, 9.17) is 0 Å². The van der Waals surface area contributed by atoms with E-state index < -0.39 is 0 Å². The number of nitrogens with one attached hydrogen (secondary N) is 1. The van der Waals surface area contributed by atoms with Crippen molar-refractivity contribution in [3.8, 4) is 0 Å². The van der Waals surface area contributed by atoms with Crippen LogP contribution in [0.2, 0.25) is 0 Å². The van der Waals surface area contributed by atoms with Crippen molar-refractivity contribution in [1.82, 2.24) is 5.32 Å². The molecular formula is C11H14BrNOS. The first-order valence-electron chi connectivity index (χ1n) is 5.27. The molecular weight excluding hydrogens is 274 g/mol. The Labute approximate surface area is 102 Å². The van der Waals surface area contributed by atoms with Gasteiger partial charge in [-0.3, -0.25) is 4.79 Å². The molecule has 1 aliphatic rings. The molecule has 0 radical (unpaired) electrons. The molecule has 2 nitrogen and oxygen atoms in total. The molecule has 1 aromatic heterocycles. The number of carbonyl (C=O) groups excluding carboxylic acids is 1. The van der Waals surface area contributed by atoms with Gasteiger partial charge in [-0.15, -0.1) is 11.3 Å². The molecule has 1 saturated heterocycles. The van der Waals surface area contributed by atoms with Crippen LogP contribution in [0, 0.1) is 5.92 Å². The summed E-state index contributed by atoms with van der Waals surface area (Å²) in [4.78, 5) is 13.0. The molecule has 1 amide bonds. The fraction of sp³-hybridized carbons (Fsp3) is 0.545. The van der Waals surface area contributed by atoms with Crippen LogP contribution in [0.1, 0.15) is 24.1 Å². The lowest BCUT2D eigenvalue weighted by molar-refractivity contribution is -0.124. The van der Waals surface area contributed by atoms with Crippen LogP contribution in [0.25, 0.3) is 0 Å². The Morgan fingerprint density at radius 2 is 2.33 bits per heavy atom. The number of hydrogen-bond acceptors (Lipinski definition) is 2. The number of hydrogen-bond donors (Lipinski definition) is 1. The number of rotatable bonds is 2. The van der Waals surface area contributed by atoms with Crippen LogP contribution in [-0.4, -0.2) is 12.5 Å². The molecule has 0 aliphatic carbocycles. The van der Waals surface area contributed by atoms with Crippen molar-refractivity contribution in [2.45, 2.75) is 25.7 Å². The normalized spacial score (nSPS) is 22.2. The summed E-state index contributed by atoms with van der Waals surface area (Å²) < 4.78 is 1.14. The first kappa shape index (κ1) is 11.1. The zero-order chi connectivity index (χ0) is 10.7. The van der Waals surface area contributed by atoms with E-state index in [2.05, 4.69) is 33.4 Å². The van der Waals surface area contributed by atoms with Crippen LogP contribution in [0.4, 0.5) is 0 Å². The molecule has 15 heavy (non-hydrogen) atoms. The summed E-state index contributed by atoms with van der Waals surface area (Å²) in [7, 11) is 0. The Balaban J connectivity index is 2.00. The Kier molecular flexibility index (Phi) is 3.81. The van der Waals surface area contributed by atoms with E-state index in [1.54, 1.807) is 11.3 Å². The summed E-state index contributed by atoms with van der Waals surface area (Å²) in [5.74, 6) is 0.412. The molecule has 1 aliphatic heterocycles. The van der Waals surface area contributed by atoms with Crippen LogP contribution in [-0.2, 0) is 11.2 Å². The van der Waals surface area contributed by atoms with Crippen LogP contribution in [0.15, 0.2) is 15.9 Å². The minimum atomic E-state index is 0.179. The monoisotopic (exact) mass is 287 g/mol. The second-order valence-corrected chi connectivity index (χ2v) is 6.44. The molecule has 2 heterocycles. The summed E-state index contributed by atoms with van der Waals surface area (Å²) in [5, 5.41) is 2.98. The Morgan fingerprint density at radius 1 is 1.47 bits per heavy atom. The number of amides is 1. The Bertz CT molecular complexity index is 350. The van der Waals surface area contributed by atoms with Gasteiger partial charge in [0.25, 0.3) is 0 Å². The van der Waals surface area contributed by atoms with E-state index in [9.17, 15) is 4.79 Å². The van der Waals surface area contributed by atoms with E-state index in [1.165, 1.54) is 4.88 Å². The average molecular weight is 288 g/mol. The molecule has 1 fully saturated rings. The third kappa shape index (κ3) is 3.05. The smallest absolute Gasteiger partial charge is 0.223 e. The van der Waals surface area contributed by atoms with E-state index in [0.29, 0.717) is 0 Å². The molecule has 1 atom stereocenters. The molecule has 0 aromatic carbocycles. The first-order chi connectivity index (χ1) is 7.25. The summed E-state index contributed by atoms with van der Waals surface area (Å²) in [5.41, 5.74) is 0. The number of carbonyl (C=O) groups is 1. The van der Waals surface area contributed by atoms with Gasteiger partial charge in [-0.1, -0.05) is 6.42 Å². The highest BCUT2D eigenvalue weighted by atomic mass is 79.9. The maximum absolute atomic E-state index is 11.7. The molecule has 82 valence electrons. The van der Waals surface area contributed by atoms with Crippen molar-refractivity contribution in [2.24, 2.45) is 5.92 Å². The highest BCUT2D eigenvalue weighted by Gasteiger charge is 2.21.